The molecule has 2 saturated heterocycles. The van der Waals surface area contributed by atoms with E-state index in [-0.39, 0.29) is 24.3 Å². The Hall–Kier alpha value is -1.88. The molecule has 0 radical (unpaired) electrons. The number of hydrogen-bond acceptors (Lipinski definition) is 4. The molecule has 5 nitrogen and oxygen atoms in total. The Bertz CT molecular complexity index is 589. The Morgan fingerprint density at radius 3 is 2.22 bits per heavy atom. The van der Waals surface area contributed by atoms with Gasteiger partial charge in [-0.3, -0.25) is 14.5 Å². The number of hydrogen-bond donors (Lipinski definition) is 0. The van der Waals surface area contributed by atoms with Crippen LogP contribution in [-0.4, -0.2) is 43.0 Å². The van der Waals surface area contributed by atoms with Crippen LogP contribution in [0.15, 0.2) is 24.3 Å². The second-order valence-electron chi connectivity index (χ2n) is 6.89. The molecule has 2 aliphatic rings. The van der Waals surface area contributed by atoms with Gasteiger partial charge in [-0.05, 0) is 42.5 Å². The van der Waals surface area contributed by atoms with E-state index < -0.39 is 0 Å². The fourth-order valence-electron chi connectivity index (χ4n) is 3.87. The Kier molecular flexibility index (Phi) is 4.39. The summed E-state index contributed by atoms with van der Waals surface area (Å²) < 4.78 is 5.13. The van der Waals surface area contributed by atoms with Gasteiger partial charge in [0, 0.05) is 13.1 Å². The zero-order chi connectivity index (χ0) is 16.6. The predicted molar refractivity (Wildman–Crippen MR) is 88.4 cm³/mol. The third kappa shape index (κ3) is 3.11. The maximum atomic E-state index is 12.8. The van der Waals surface area contributed by atoms with Gasteiger partial charge in [-0.1, -0.05) is 13.8 Å². The van der Waals surface area contributed by atoms with Crippen molar-refractivity contribution >= 4 is 17.5 Å². The minimum Gasteiger partial charge on any atom is -0.497 e. The number of methoxy groups -OCH3 is 1. The molecule has 1 aromatic rings. The van der Waals surface area contributed by atoms with E-state index in [1.54, 1.807) is 31.4 Å². The molecule has 23 heavy (non-hydrogen) atoms. The van der Waals surface area contributed by atoms with Crippen molar-refractivity contribution < 1.29 is 14.3 Å². The van der Waals surface area contributed by atoms with Crippen molar-refractivity contribution in [2.45, 2.75) is 32.7 Å². The number of anilines is 1. The van der Waals surface area contributed by atoms with Crippen LogP contribution in [0.2, 0.25) is 0 Å². The summed E-state index contributed by atoms with van der Waals surface area (Å²) in [6.07, 6.45) is 1.47. The normalized spacial score (nSPS) is 29.2. The van der Waals surface area contributed by atoms with Gasteiger partial charge in [0.2, 0.25) is 5.91 Å². The molecular formula is C18H24N2O3. The average Bonchev–Trinajstić information content (AvgIpc) is 2.81. The van der Waals surface area contributed by atoms with Crippen molar-refractivity contribution in [1.29, 1.82) is 0 Å². The lowest BCUT2D eigenvalue weighted by molar-refractivity contribution is -0.123. The van der Waals surface area contributed by atoms with Gasteiger partial charge in [0.25, 0.3) is 5.91 Å². The third-order valence-corrected chi connectivity index (χ3v) is 4.79. The lowest BCUT2D eigenvalue weighted by atomic mass is 9.90. The van der Waals surface area contributed by atoms with Gasteiger partial charge in [-0.25, -0.2) is 4.90 Å². The number of rotatable bonds is 3. The molecular weight excluding hydrogens is 292 g/mol. The van der Waals surface area contributed by atoms with Gasteiger partial charge in [-0.2, -0.15) is 0 Å². The van der Waals surface area contributed by atoms with Crippen LogP contribution in [0.3, 0.4) is 0 Å². The predicted octanol–water partition coefficient (Wildman–Crippen LogP) is 2.31. The molecule has 0 spiro atoms. The van der Waals surface area contributed by atoms with Gasteiger partial charge in [-0.15, -0.1) is 0 Å². The molecule has 0 saturated carbocycles. The molecule has 124 valence electrons. The van der Waals surface area contributed by atoms with Crippen LogP contribution in [0.25, 0.3) is 0 Å². The number of amides is 2. The number of ether oxygens (including phenoxy) is 1. The first-order valence-electron chi connectivity index (χ1n) is 8.24. The minimum atomic E-state index is -0.310. The van der Waals surface area contributed by atoms with Crippen molar-refractivity contribution in [2.24, 2.45) is 11.8 Å². The quantitative estimate of drug-likeness (QED) is 0.803. The summed E-state index contributed by atoms with van der Waals surface area (Å²) in [6, 6.07) is 6.76. The first-order valence-corrected chi connectivity index (χ1v) is 8.24. The SMILES string of the molecule is COc1ccc(N2C(=O)C[C@H](N3C[C@H](C)C[C@@H](C)C3)C2=O)cc1. The highest BCUT2D eigenvalue weighted by atomic mass is 16.5. The molecule has 0 N–H and O–H groups in total. The fourth-order valence-corrected chi connectivity index (χ4v) is 3.87. The van der Waals surface area contributed by atoms with Crippen LogP contribution in [0.1, 0.15) is 26.7 Å². The third-order valence-electron chi connectivity index (χ3n) is 4.79. The Morgan fingerprint density at radius 2 is 1.65 bits per heavy atom. The highest BCUT2D eigenvalue weighted by Crippen LogP contribution is 2.30. The number of carbonyl (C=O) groups is 2. The van der Waals surface area contributed by atoms with Crippen LogP contribution in [-0.2, 0) is 9.59 Å². The summed E-state index contributed by atoms with van der Waals surface area (Å²) in [5.41, 5.74) is 0.626. The first-order chi connectivity index (χ1) is 11.0. The monoisotopic (exact) mass is 316 g/mol. The molecule has 0 bridgehead atoms. The van der Waals surface area contributed by atoms with Gasteiger partial charge in [0.15, 0.2) is 0 Å². The average molecular weight is 316 g/mol. The molecule has 0 unspecified atom stereocenters. The smallest absolute Gasteiger partial charge is 0.251 e. The van der Waals surface area contributed by atoms with E-state index in [0.717, 1.165) is 13.1 Å². The van der Waals surface area contributed by atoms with E-state index >= 15 is 0 Å². The first kappa shape index (κ1) is 16.0. The number of benzene rings is 1. The molecule has 5 heteroatoms. The van der Waals surface area contributed by atoms with Crippen LogP contribution >= 0.6 is 0 Å². The van der Waals surface area contributed by atoms with E-state index in [1.165, 1.54) is 11.3 Å². The second-order valence-corrected chi connectivity index (χ2v) is 6.89. The highest BCUT2D eigenvalue weighted by Gasteiger charge is 2.44. The Balaban J connectivity index is 1.79. The van der Waals surface area contributed by atoms with Gasteiger partial charge >= 0.3 is 0 Å². The number of carbonyl (C=O) groups excluding carboxylic acids is 2. The Morgan fingerprint density at radius 1 is 1.04 bits per heavy atom. The van der Waals surface area contributed by atoms with E-state index in [0.29, 0.717) is 23.3 Å². The summed E-state index contributed by atoms with van der Waals surface area (Å²) in [7, 11) is 1.59. The molecule has 0 aromatic heterocycles. The molecule has 0 aliphatic carbocycles. The molecule has 3 rings (SSSR count). The van der Waals surface area contributed by atoms with Crippen molar-refractivity contribution in [3.8, 4) is 5.75 Å². The topological polar surface area (TPSA) is 49.9 Å². The zero-order valence-electron chi connectivity index (χ0n) is 14.0. The molecule has 2 amide bonds. The van der Waals surface area contributed by atoms with E-state index in [9.17, 15) is 9.59 Å². The second kappa shape index (κ2) is 6.32. The van der Waals surface area contributed by atoms with Crippen molar-refractivity contribution in [1.82, 2.24) is 4.90 Å². The number of likely N-dealkylation sites (tertiary alicyclic amines) is 1. The minimum absolute atomic E-state index is 0.0959. The molecule has 3 atom stereocenters. The van der Waals surface area contributed by atoms with Crippen LogP contribution in [0, 0.1) is 11.8 Å². The van der Waals surface area contributed by atoms with Crippen LogP contribution in [0.5, 0.6) is 5.75 Å². The molecule has 1 aromatic carbocycles. The summed E-state index contributed by atoms with van der Waals surface area (Å²) in [6.45, 7) is 6.21. The van der Waals surface area contributed by atoms with Crippen LogP contribution in [0.4, 0.5) is 5.69 Å². The maximum absolute atomic E-state index is 12.8. The van der Waals surface area contributed by atoms with Crippen molar-refractivity contribution in [3.63, 3.8) is 0 Å². The molecule has 2 heterocycles. The Labute approximate surface area is 137 Å². The zero-order valence-corrected chi connectivity index (χ0v) is 14.0. The number of imide groups is 1. The van der Waals surface area contributed by atoms with E-state index in [4.69, 9.17) is 4.74 Å². The lowest BCUT2D eigenvalue weighted by Gasteiger charge is -2.37. The van der Waals surface area contributed by atoms with Gasteiger partial charge < -0.3 is 4.74 Å². The summed E-state index contributed by atoms with van der Waals surface area (Å²) >= 11 is 0. The van der Waals surface area contributed by atoms with Crippen LogP contribution < -0.4 is 9.64 Å². The molecule has 2 fully saturated rings. The van der Waals surface area contributed by atoms with Gasteiger partial charge in [0.05, 0.1) is 25.3 Å². The fraction of sp³-hybridized carbons (Fsp3) is 0.556. The lowest BCUT2D eigenvalue weighted by Crippen LogP contribution is -2.48. The van der Waals surface area contributed by atoms with Crippen molar-refractivity contribution in [2.75, 3.05) is 25.1 Å². The summed E-state index contributed by atoms with van der Waals surface area (Å²) in [5.74, 6) is 1.63. The van der Waals surface area contributed by atoms with E-state index in [2.05, 4.69) is 18.7 Å². The maximum Gasteiger partial charge on any atom is 0.251 e. The standard InChI is InChI=1S/C18H24N2O3/c1-12-8-13(2)11-19(10-12)16-9-17(21)20(18(16)22)14-4-6-15(23-3)7-5-14/h4-7,12-13,16H,8-11H2,1-3H3/t12-,13-,16+/m1/s1. The number of piperidine rings is 1. The summed E-state index contributed by atoms with van der Waals surface area (Å²) in [5, 5.41) is 0. The largest absolute Gasteiger partial charge is 0.497 e. The van der Waals surface area contributed by atoms with E-state index in [1.807, 2.05) is 0 Å². The number of nitrogens with zero attached hydrogens (tertiary/aromatic N) is 2. The summed E-state index contributed by atoms with van der Waals surface area (Å²) in [4.78, 5) is 28.7. The van der Waals surface area contributed by atoms with Crippen molar-refractivity contribution in [3.05, 3.63) is 24.3 Å². The van der Waals surface area contributed by atoms with Gasteiger partial charge in [0.1, 0.15) is 5.75 Å². The molecule has 2 aliphatic heterocycles. The highest BCUT2D eigenvalue weighted by molar-refractivity contribution is 6.22.